The zero-order valence-corrected chi connectivity index (χ0v) is 5.42. The lowest BCUT2D eigenvalue weighted by Crippen LogP contribution is -2.18. The number of nitrogens with two attached hydrogens (primary N) is 1. The van der Waals surface area contributed by atoms with Crippen LogP contribution in [0.2, 0.25) is 0 Å². The molecule has 2 N–H and O–H groups in total. The first-order chi connectivity index (χ1) is 3.63. The Labute approximate surface area is 51.6 Å². The molecule has 0 aliphatic carbocycles. The lowest BCUT2D eigenvalue weighted by Gasteiger charge is -2.01. The zero-order chi connectivity index (χ0) is 6.57. The van der Waals surface area contributed by atoms with Gasteiger partial charge in [0.1, 0.15) is 0 Å². The molecule has 50 valence electrons. The molecule has 0 radical (unpaired) electrons. The van der Waals surface area contributed by atoms with Crippen molar-refractivity contribution in [3.05, 3.63) is 0 Å². The number of hydrogen-bond acceptors (Lipinski definition) is 2. The van der Waals surface area contributed by atoms with Crippen LogP contribution in [-0.4, -0.2) is 17.6 Å². The molecular weight excluding hydrogens is 132 g/mol. The van der Waals surface area contributed by atoms with E-state index in [1.54, 1.807) is 6.92 Å². The molecule has 0 saturated carbocycles. The molecule has 0 unspecified atom stereocenters. The van der Waals surface area contributed by atoms with Crippen LogP contribution in [0, 0.1) is 0 Å². The second-order valence-corrected chi connectivity index (χ2v) is 2.59. The van der Waals surface area contributed by atoms with Gasteiger partial charge in [0.15, 0.2) is 0 Å². The molecule has 0 aromatic heterocycles. The maximum Gasteiger partial charge on any atom is 0.284 e. The Hall–Kier alpha value is 0.170. The molecule has 0 spiro atoms. The third kappa shape index (κ3) is 6.17. The average molecular weight is 141 g/mol. The first-order valence-corrected chi connectivity index (χ1v) is 3.33. The predicted molar refractivity (Wildman–Crippen MR) is 32.1 cm³/mol. The summed E-state index contributed by atoms with van der Waals surface area (Å²) in [5.41, 5.74) is 5.19. The molecular formula is C4H9F2NS. The molecule has 1 nitrogen and oxygen atoms in total. The van der Waals surface area contributed by atoms with Gasteiger partial charge in [-0.3, -0.25) is 0 Å². The van der Waals surface area contributed by atoms with Gasteiger partial charge in [0.2, 0.25) is 0 Å². The minimum atomic E-state index is -2.28. The van der Waals surface area contributed by atoms with Crippen molar-refractivity contribution in [2.45, 2.75) is 18.7 Å². The molecule has 0 rings (SSSR count). The van der Waals surface area contributed by atoms with Crippen molar-refractivity contribution in [1.82, 2.24) is 0 Å². The molecule has 0 aromatic rings. The van der Waals surface area contributed by atoms with Gasteiger partial charge in [-0.1, -0.05) is 11.8 Å². The van der Waals surface area contributed by atoms with Crippen LogP contribution in [-0.2, 0) is 0 Å². The van der Waals surface area contributed by atoms with E-state index in [4.69, 9.17) is 5.73 Å². The van der Waals surface area contributed by atoms with E-state index >= 15 is 0 Å². The van der Waals surface area contributed by atoms with Crippen LogP contribution in [0.5, 0.6) is 0 Å². The van der Waals surface area contributed by atoms with E-state index in [2.05, 4.69) is 0 Å². The van der Waals surface area contributed by atoms with Crippen molar-refractivity contribution in [3.63, 3.8) is 0 Å². The largest absolute Gasteiger partial charge is 0.327 e. The first-order valence-electron chi connectivity index (χ1n) is 2.28. The molecule has 8 heavy (non-hydrogen) atoms. The summed E-state index contributed by atoms with van der Waals surface area (Å²) in [5, 5.41) is 0. The Bertz CT molecular complexity index is 50.0. The Morgan fingerprint density at radius 1 is 1.62 bits per heavy atom. The molecule has 4 heteroatoms. The lowest BCUT2D eigenvalue weighted by atomic mass is 10.4. The predicted octanol–water partition coefficient (Wildman–Crippen LogP) is 1.29. The van der Waals surface area contributed by atoms with E-state index in [-0.39, 0.29) is 6.04 Å². The highest BCUT2D eigenvalue weighted by atomic mass is 32.2. The van der Waals surface area contributed by atoms with Crippen molar-refractivity contribution < 1.29 is 8.78 Å². The second-order valence-electron chi connectivity index (χ2n) is 1.57. The van der Waals surface area contributed by atoms with Crippen LogP contribution in [0.1, 0.15) is 6.92 Å². The monoisotopic (exact) mass is 141 g/mol. The molecule has 0 aliphatic heterocycles. The lowest BCUT2D eigenvalue weighted by molar-refractivity contribution is 0.252. The highest BCUT2D eigenvalue weighted by molar-refractivity contribution is 7.99. The maximum atomic E-state index is 11.3. The summed E-state index contributed by atoms with van der Waals surface area (Å²) in [4.78, 5) is 0. The number of rotatable bonds is 3. The fraction of sp³-hybridized carbons (Fsp3) is 1.00. The van der Waals surface area contributed by atoms with Crippen molar-refractivity contribution in [2.75, 3.05) is 5.75 Å². The van der Waals surface area contributed by atoms with Crippen molar-refractivity contribution >= 4 is 11.8 Å². The fourth-order valence-electron chi connectivity index (χ4n) is 0.225. The summed E-state index contributed by atoms with van der Waals surface area (Å²) < 4.78 is 22.6. The summed E-state index contributed by atoms with van der Waals surface area (Å²) in [6.07, 6.45) is 0. The van der Waals surface area contributed by atoms with E-state index in [1.807, 2.05) is 0 Å². The quantitative estimate of drug-likeness (QED) is 0.641. The summed E-state index contributed by atoms with van der Waals surface area (Å²) in [6.45, 7) is 1.70. The van der Waals surface area contributed by atoms with E-state index in [0.29, 0.717) is 17.5 Å². The van der Waals surface area contributed by atoms with Gasteiger partial charge in [-0.05, 0) is 6.92 Å². The van der Waals surface area contributed by atoms with Gasteiger partial charge in [0, 0.05) is 11.8 Å². The first kappa shape index (κ1) is 8.17. The molecule has 0 heterocycles. The molecule has 0 bridgehead atoms. The van der Waals surface area contributed by atoms with Gasteiger partial charge >= 0.3 is 0 Å². The standard InChI is InChI=1S/C4H9F2NS/c1-3(7)2-8-4(5)6/h3-4H,2,7H2,1H3/t3-/m1/s1. The van der Waals surface area contributed by atoms with Crippen LogP contribution in [0.15, 0.2) is 0 Å². The van der Waals surface area contributed by atoms with E-state index in [1.165, 1.54) is 0 Å². The Morgan fingerprint density at radius 3 is 2.25 bits per heavy atom. The SMILES string of the molecule is C[C@@H](N)CSC(F)F. The number of halogens is 2. The van der Waals surface area contributed by atoms with Gasteiger partial charge in [-0.25, -0.2) is 0 Å². The fourth-order valence-corrected chi connectivity index (χ4v) is 0.674. The molecule has 1 atom stereocenters. The summed E-state index contributed by atoms with van der Waals surface area (Å²) >= 11 is 0.581. The Kier molecular flexibility index (Phi) is 4.18. The minimum Gasteiger partial charge on any atom is -0.327 e. The highest BCUT2D eigenvalue weighted by Crippen LogP contribution is 2.12. The number of thioether (sulfide) groups is 1. The molecule has 0 aliphatic rings. The minimum absolute atomic E-state index is 0.131. The van der Waals surface area contributed by atoms with E-state index in [0.717, 1.165) is 0 Å². The summed E-state index contributed by atoms with van der Waals surface area (Å²) in [6, 6.07) is -0.131. The second kappa shape index (κ2) is 4.09. The van der Waals surface area contributed by atoms with Crippen LogP contribution in [0.25, 0.3) is 0 Å². The smallest absolute Gasteiger partial charge is 0.284 e. The normalized spacial score (nSPS) is 14.6. The maximum absolute atomic E-state index is 11.3. The van der Waals surface area contributed by atoms with Crippen LogP contribution < -0.4 is 5.73 Å². The summed E-state index contributed by atoms with van der Waals surface area (Å²) in [7, 11) is 0. The third-order valence-electron chi connectivity index (χ3n) is 0.485. The van der Waals surface area contributed by atoms with Crippen LogP contribution in [0.4, 0.5) is 8.78 Å². The molecule has 0 fully saturated rings. The highest BCUT2D eigenvalue weighted by Gasteiger charge is 2.02. The van der Waals surface area contributed by atoms with E-state index < -0.39 is 5.76 Å². The topological polar surface area (TPSA) is 26.0 Å². The van der Waals surface area contributed by atoms with Gasteiger partial charge < -0.3 is 5.73 Å². The number of alkyl halides is 2. The average Bonchev–Trinajstić information content (AvgIpc) is 1.61. The Balaban J connectivity index is 2.93. The zero-order valence-electron chi connectivity index (χ0n) is 4.60. The van der Waals surface area contributed by atoms with E-state index in [9.17, 15) is 8.78 Å². The third-order valence-corrected chi connectivity index (χ3v) is 1.46. The van der Waals surface area contributed by atoms with Gasteiger partial charge in [0.25, 0.3) is 5.76 Å². The van der Waals surface area contributed by atoms with Crippen molar-refractivity contribution in [2.24, 2.45) is 5.73 Å². The number of hydrogen-bond donors (Lipinski definition) is 1. The Morgan fingerprint density at radius 2 is 2.12 bits per heavy atom. The van der Waals surface area contributed by atoms with Crippen LogP contribution >= 0.6 is 11.8 Å². The molecule has 0 amide bonds. The van der Waals surface area contributed by atoms with Gasteiger partial charge in [-0.15, -0.1) is 0 Å². The molecule has 0 saturated heterocycles. The molecule has 0 aromatic carbocycles. The van der Waals surface area contributed by atoms with Crippen LogP contribution in [0.3, 0.4) is 0 Å². The van der Waals surface area contributed by atoms with Gasteiger partial charge in [-0.2, -0.15) is 8.78 Å². The summed E-state index contributed by atoms with van der Waals surface area (Å²) in [5.74, 6) is -1.95. The van der Waals surface area contributed by atoms with Gasteiger partial charge in [0.05, 0.1) is 0 Å². The van der Waals surface area contributed by atoms with Crippen molar-refractivity contribution in [3.8, 4) is 0 Å². The van der Waals surface area contributed by atoms with Crippen molar-refractivity contribution in [1.29, 1.82) is 0 Å².